The Labute approximate surface area is 116 Å². The summed E-state index contributed by atoms with van der Waals surface area (Å²) in [5.74, 6) is 1.34. The Morgan fingerprint density at radius 3 is 2.63 bits per heavy atom. The molecule has 0 aromatic heterocycles. The highest BCUT2D eigenvalue weighted by Gasteiger charge is 2.33. The maximum atomic E-state index is 12.4. The highest BCUT2D eigenvalue weighted by Crippen LogP contribution is 2.28. The Morgan fingerprint density at radius 2 is 1.95 bits per heavy atom. The van der Waals surface area contributed by atoms with Crippen molar-refractivity contribution in [1.29, 1.82) is 0 Å². The number of amides is 1. The predicted molar refractivity (Wildman–Crippen MR) is 75.6 cm³/mol. The van der Waals surface area contributed by atoms with Crippen LogP contribution in [0.2, 0.25) is 0 Å². The summed E-state index contributed by atoms with van der Waals surface area (Å²) in [6.07, 6.45) is 5.17. The third-order valence-electron chi connectivity index (χ3n) is 4.85. The predicted octanol–water partition coefficient (Wildman–Crippen LogP) is 1.68. The molecule has 4 heteroatoms. The molecule has 2 aliphatic rings. The van der Waals surface area contributed by atoms with E-state index in [1.807, 2.05) is 0 Å². The van der Waals surface area contributed by atoms with Gasteiger partial charge in [0.15, 0.2) is 0 Å². The van der Waals surface area contributed by atoms with Crippen LogP contribution in [0.15, 0.2) is 0 Å². The van der Waals surface area contributed by atoms with Gasteiger partial charge in [0.05, 0.1) is 5.92 Å². The van der Waals surface area contributed by atoms with Crippen molar-refractivity contribution in [3.8, 4) is 0 Å². The summed E-state index contributed by atoms with van der Waals surface area (Å²) in [5, 5.41) is 3.20. The summed E-state index contributed by atoms with van der Waals surface area (Å²) >= 11 is 0. The van der Waals surface area contributed by atoms with E-state index in [9.17, 15) is 4.79 Å². The second kappa shape index (κ2) is 6.71. The average molecular weight is 268 g/mol. The van der Waals surface area contributed by atoms with Crippen LogP contribution in [-0.2, 0) is 9.53 Å². The number of carbonyl (C=O) groups excluding carboxylic acids is 1. The molecule has 0 aromatic rings. The van der Waals surface area contributed by atoms with Crippen LogP contribution in [0.25, 0.3) is 0 Å². The van der Waals surface area contributed by atoms with Crippen molar-refractivity contribution in [1.82, 2.24) is 5.32 Å². The average Bonchev–Trinajstić information content (AvgIpc) is 2.42. The number of hydrogen-bond acceptors (Lipinski definition) is 3. The zero-order valence-electron chi connectivity index (χ0n) is 12.2. The molecular weight excluding hydrogens is 240 g/mol. The fourth-order valence-electron chi connectivity index (χ4n) is 3.37. The molecule has 1 saturated carbocycles. The molecular formula is C15H28N2O2. The fourth-order valence-corrected chi connectivity index (χ4v) is 3.37. The van der Waals surface area contributed by atoms with Gasteiger partial charge >= 0.3 is 0 Å². The Kier molecular flexibility index (Phi) is 5.22. The molecule has 1 aliphatic heterocycles. The topological polar surface area (TPSA) is 64.4 Å². The van der Waals surface area contributed by atoms with Gasteiger partial charge in [-0.15, -0.1) is 0 Å². The quantitative estimate of drug-likeness (QED) is 0.818. The third-order valence-corrected chi connectivity index (χ3v) is 4.85. The third kappa shape index (κ3) is 3.93. The van der Waals surface area contributed by atoms with Gasteiger partial charge in [0.1, 0.15) is 0 Å². The van der Waals surface area contributed by atoms with Crippen LogP contribution >= 0.6 is 0 Å². The minimum absolute atomic E-state index is 0.00559. The van der Waals surface area contributed by atoms with Crippen LogP contribution in [0, 0.1) is 17.8 Å². The second-order valence-corrected chi connectivity index (χ2v) is 6.44. The molecule has 1 amide bonds. The lowest BCUT2D eigenvalue weighted by Gasteiger charge is -2.34. The summed E-state index contributed by atoms with van der Waals surface area (Å²) in [7, 11) is 0. The maximum Gasteiger partial charge on any atom is 0.224 e. The molecule has 4 nitrogen and oxygen atoms in total. The highest BCUT2D eigenvalue weighted by atomic mass is 16.5. The monoisotopic (exact) mass is 268 g/mol. The van der Waals surface area contributed by atoms with E-state index in [-0.39, 0.29) is 23.9 Å². The van der Waals surface area contributed by atoms with Gasteiger partial charge in [-0.25, -0.2) is 0 Å². The molecule has 0 bridgehead atoms. The van der Waals surface area contributed by atoms with Gasteiger partial charge < -0.3 is 15.8 Å². The summed E-state index contributed by atoms with van der Waals surface area (Å²) in [6.45, 7) is 5.98. The maximum absolute atomic E-state index is 12.4. The smallest absolute Gasteiger partial charge is 0.224 e. The highest BCUT2D eigenvalue weighted by molar-refractivity contribution is 5.79. The zero-order valence-corrected chi connectivity index (χ0v) is 12.2. The van der Waals surface area contributed by atoms with Crippen molar-refractivity contribution >= 4 is 5.91 Å². The first-order valence-corrected chi connectivity index (χ1v) is 7.71. The van der Waals surface area contributed by atoms with Crippen LogP contribution < -0.4 is 11.1 Å². The van der Waals surface area contributed by atoms with Gasteiger partial charge in [-0.05, 0) is 50.9 Å². The summed E-state index contributed by atoms with van der Waals surface area (Å²) in [5.41, 5.74) is 6.12. The van der Waals surface area contributed by atoms with E-state index in [0.717, 1.165) is 45.3 Å². The Morgan fingerprint density at radius 1 is 1.26 bits per heavy atom. The number of rotatable bonds is 3. The molecule has 4 atom stereocenters. The molecule has 2 fully saturated rings. The molecule has 1 heterocycles. The Balaban J connectivity index is 1.85. The van der Waals surface area contributed by atoms with Crippen LogP contribution in [0.1, 0.15) is 46.0 Å². The molecule has 19 heavy (non-hydrogen) atoms. The number of carbonyl (C=O) groups is 1. The summed E-state index contributed by atoms with van der Waals surface area (Å²) in [6, 6.07) is 0.277. The Hall–Kier alpha value is -0.610. The lowest BCUT2D eigenvalue weighted by molar-refractivity contribution is -0.128. The summed E-state index contributed by atoms with van der Waals surface area (Å²) < 4.78 is 5.37. The van der Waals surface area contributed by atoms with Gasteiger partial charge in [0, 0.05) is 25.3 Å². The van der Waals surface area contributed by atoms with E-state index in [1.165, 1.54) is 0 Å². The first-order chi connectivity index (χ1) is 9.08. The number of hydrogen-bond donors (Lipinski definition) is 2. The first-order valence-electron chi connectivity index (χ1n) is 7.71. The lowest BCUT2D eigenvalue weighted by atomic mass is 9.78. The van der Waals surface area contributed by atoms with Gasteiger partial charge in [0.2, 0.25) is 5.91 Å². The van der Waals surface area contributed by atoms with Crippen LogP contribution in [0.5, 0.6) is 0 Å². The van der Waals surface area contributed by atoms with Gasteiger partial charge in [-0.3, -0.25) is 4.79 Å². The van der Waals surface area contributed by atoms with Crippen LogP contribution in [-0.4, -0.2) is 31.2 Å². The van der Waals surface area contributed by atoms with Crippen molar-refractivity contribution in [2.45, 2.75) is 58.0 Å². The van der Waals surface area contributed by atoms with E-state index >= 15 is 0 Å². The molecule has 0 radical (unpaired) electrons. The largest absolute Gasteiger partial charge is 0.381 e. The molecule has 1 aliphatic carbocycles. The van der Waals surface area contributed by atoms with Crippen molar-refractivity contribution in [2.24, 2.45) is 23.5 Å². The first kappa shape index (κ1) is 14.8. The standard InChI is InChI=1S/C15H28N2O2/c1-10-3-4-14(16)13(9-10)15(18)17-11(2)12-5-7-19-8-6-12/h10-14H,3-9,16H2,1-2H3,(H,17,18). The molecule has 3 N–H and O–H groups in total. The van der Waals surface area contributed by atoms with E-state index in [1.54, 1.807) is 0 Å². The molecule has 0 spiro atoms. The minimum Gasteiger partial charge on any atom is -0.381 e. The number of nitrogens with two attached hydrogens (primary N) is 1. The number of ether oxygens (including phenoxy) is 1. The van der Waals surface area contributed by atoms with Crippen molar-refractivity contribution in [2.75, 3.05) is 13.2 Å². The fraction of sp³-hybridized carbons (Fsp3) is 0.933. The van der Waals surface area contributed by atoms with Gasteiger partial charge in [-0.1, -0.05) is 6.92 Å². The van der Waals surface area contributed by atoms with E-state index < -0.39 is 0 Å². The van der Waals surface area contributed by atoms with Gasteiger partial charge in [-0.2, -0.15) is 0 Å². The van der Waals surface area contributed by atoms with E-state index in [4.69, 9.17) is 10.5 Å². The van der Waals surface area contributed by atoms with E-state index in [0.29, 0.717) is 11.8 Å². The summed E-state index contributed by atoms with van der Waals surface area (Å²) in [4.78, 5) is 12.4. The molecule has 2 rings (SSSR count). The molecule has 1 saturated heterocycles. The van der Waals surface area contributed by atoms with Gasteiger partial charge in [0.25, 0.3) is 0 Å². The van der Waals surface area contributed by atoms with Crippen molar-refractivity contribution in [3.05, 3.63) is 0 Å². The molecule has 0 aromatic carbocycles. The molecule has 110 valence electrons. The second-order valence-electron chi connectivity index (χ2n) is 6.44. The molecule has 4 unspecified atom stereocenters. The normalized spacial score (nSPS) is 34.8. The Bertz CT molecular complexity index is 303. The SMILES string of the molecule is CC1CCC(N)C(C(=O)NC(C)C2CCOCC2)C1. The van der Waals surface area contributed by atoms with Crippen molar-refractivity contribution in [3.63, 3.8) is 0 Å². The number of nitrogens with one attached hydrogen (secondary N) is 1. The van der Waals surface area contributed by atoms with E-state index in [2.05, 4.69) is 19.2 Å². The lowest BCUT2D eigenvalue weighted by Crippen LogP contribution is -2.49. The zero-order chi connectivity index (χ0) is 13.8. The van der Waals surface area contributed by atoms with Crippen LogP contribution in [0.3, 0.4) is 0 Å². The van der Waals surface area contributed by atoms with Crippen molar-refractivity contribution < 1.29 is 9.53 Å². The minimum atomic E-state index is 0.00559. The van der Waals surface area contributed by atoms with Crippen LogP contribution in [0.4, 0.5) is 0 Å².